The Morgan fingerprint density at radius 1 is 1.14 bits per heavy atom. The Bertz CT molecular complexity index is 788. The molecule has 1 atom stereocenters. The van der Waals surface area contributed by atoms with E-state index in [1.165, 1.54) is 22.9 Å². The molecule has 0 spiro atoms. The summed E-state index contributed by atoms with van der Waals surface area (Å²) in [6, 6.07) is 12.7. The van der Waals surface area contributed by atoms with Crippen molar-refractivity contribution in [2.24, 2.45) is 5.73 Å². The molecule has 3 nitrogen and oxygen atoms in total. The highest BCUT2D eigenvalue weighted by atomic mass is 15.0. The molecule has 0 amide bonds. The lowest BCUT2D eigenvalue weighted by atomic mass is 9.92. The number of rotatable bonds is 2. The number of aromatic nitrogens is 2. The zero-order chi connectivity index (χ0) is 14.2. The van der Waals surface area contributed by atoms with E-state index in [-0.39, 0.29) is 6.04 Å². The van der Waals surface area contributed by atoms with E-state index < -0.39 is 0 Å². The average molecular weight is 277 g/mol. The van der Waals surface area contributed by atoms with Crippen LogP contribution in [0.3, 0.4) is 0 Å². The molecule has 1 aliphatic rings. The van der Waals surface area contributed by atoms with Crippen LogP contribution in [-0.2, 0) is 13.0 Å². The fourth-order valence-electron chi connectivity index (χ4n) is 3.26. The number of benzene rings is 1. The number of pyridine rings is 1. The number of aryl methyl sites for hydroxylation is 1. The maximum atomic E-state index is 6.20. The van der Waals surface area contributed by atoms with Crippen LogP contribution in [0.25, 0.3) is 10.9 Å². The quantitative estimate of drug-likeness (QED) is 0.780. The Morgan fingerprint density at radius 2 is 2.05 bits per heavy atom. The summed E-state index contributed by atoms with van der Waals surface area (Å²) in [6.45, 7) is 0.810. The average Bonchev–Trinajstić information content (AvgIpc) is 2.91. The highest BCUT2D eigenvalue weighted by Gasteiger charge is 2.18. The molecular formula is C18H19N3. The van der Waals surface area contributed by atoms with Crippen molar-refractivity contribution in [3.63, 3.8) is 0 Å². The smallest absolute Gasteiger partial charge is 0.0706 e. The van der Waals surface area contributed by atoms with E-state index in [0.717, 1.165) is 30.6 Å². The van der Waals surface area contributed by atoms with E-state index in [9.17, 15) is 0 Å². The maximum Gasteiger partial charge on any atom is 0.0706 e. The Balaban J connectivity index is 1.65. The van der Waals surface area contributed by atoms with Crippen molar-refractivity contribution < 1.29 is 0 Å². The predicted octanol–water partition coefficient (Wildman–Crippen LogP) is 3.42. The predicted molar refractivity (Wildman–Crippen MR) is 85.1 cm³/mol. The first-order valence-electron chi connectivity index (χ1n) is 7.58. The van der Waals surface area contributed by atoms with Crippen LogP contribution in [0.2, 0.25) is 0 Å². The van der Waals surface area contributed by atoms with Crippen LogP contribution in [0.1, 0.15) is 35.7 Å². The molecule has 0 aliphatic heterocycles. The minimum Gasteiger partial charge on any atom is -0.348 e. The van der Waals surface area contributed by atoms with Crippen LogP contribution in [0.4, 0.5) is 0 Å². The van der Waals surface area contributed by atoms with Gasteiger partial charge in [-0.1, -0.05) is 24.3 Å². The molecule has 106 valence electrons. The second-order valence-electron chi connectivity index (χ2n) is 5.91. The number of hydrogen-bond acceptors (Lipinski definition) is 2. The second-order valence-corrected chi connectivity index (χ2v) is 5.91. The first-order valence-corrected chi connectivity index (χ1v) is 7.58. The third-order valence-corrected chi connectivity index (χ3v) is 4.36. The van der Waals surface area contributed by atoms with Crippen molar-refractivity contribution in [1.29, 1.82) is 0 Å². The van der Waals surface area contributed by atoms with E-state index >= 15 is 0 Å². The fourth-order valence-corrected chi connectivity index (χ4v) is 3.26. The molecule has 0 saturated carbocycles. The molecule has 0 bridgehead atoms. The molecule has 0 fully saturated rings. The van der Waals surface area contributed by atoms with Crippen LogP contribution in [0.5, 0.6) is 0 Å². The van der Waals surface area contributed by atoms with Gasteiger partial charge in [0.15, 0.2) is 0 Å². The van der Waals surface area contributed by atoms with Crippen molar-refractivity contribution in [3.05, 3.63) is 65.6 Å². The minimum absolute atomic E-state index is 0.208. The van der Waals surface area contributed by atoms with Crippen LogP contribution in [0, 0.1) is 0 Å². The summed E-state index contributed by atoms with van der Waals surface area (Å²) in [5, 5.41) is 1.19. The third-order valence-electron chi connectivity index (χ3n) is 4.36. The molecular weight excluding hydrogens is 258 g/mol. The summed E-state index contributed by atoms with van der Waals surface area (Å²) in [4.78, 5) is 4.74. The van der Waals surface area contributed by atoms with Gasteiger partial charge in [-0.15, -0.1) is 0 Å². The highest BCUT2D eigenvalue weighted by Crippen LogP contribution is 2.28. The van der Waals surface area contributed by atoms with Crippen molar-refractivity contribution in [2.75, 3.05) is 0 Å². The Kier molecular flexibility index (Phi) is 3.00. The third kappa shape index (κ3) is 2.34. The lowest BCUT2D eigenvalue weighted by Crippen LogP contribution is -2.15. The van der Waals surface area contributed by atoms with Gasteiger partial charge in [0, 0.05) is 23.8 Å². The van der Waals surface area contributed by atoms with Crippen LogP contribution < -0.4 is 5.73 Å². The van der Waals surface area contributed by atoms with E-state index in [1.54, 1.807) is 0 Å². The summed E-state index contributed by atoms with van der Waals surface area (Å²) in [5.74, 6) is 0. The topological polar surface area (TPSA) is 43.8 Å². The highest BCUT2D eigenvalue weighted by molar-refractivity contribution is 5.78. The van der Waals surface area contributed by atoms with Gasteiger partial charge in [-0.3, -0.25) is 4.98 Å². The second kappa shape index (κ2) is 5.01. The summed E-state index contributed by atoms with van der Waals surface area (Å²) >= 11 is 0. The van der Waals surface area contributed by atoms with E-state index in [4.69, 9.17) is 10.7 Å². The minimum atomic E-state index is 0.208. The van der Waals surface area contributed by atoms with Gasteiger partial charge in [0.2, 0.25) is 0 Å². The molecule has 3 aromatic rings. The number of para-hydroxylation sites is 1. The normalized spacial score (nSPS) is 17.9. The molecule has 2 heterocycles. The zero-order valence-electron chi connectivity index (χ0n) is 12.0. The molecule has 1 aliphatic carbocycles. The molecule has 21 heavy (non-hydrogen) atoms. The van der Waals surface area contributed by atoms with Crippen molar-refractivity contribution in [1.82, 2.24) is 9.55 Å². The van der Waals surface area contributed by atoms with E-state index in [1.807, 2.05) is 12.1 Å². The lowest BCUT2D eigenvalue weighted by Gasteiger charge is -2.17. The Labute approximate surface area is 124 Å². The molecule has 1 aromatic carbocycles. The molecule has 1 unspecified atom stereocenters. The lowest BCUT2D eigenvalue weighted by molar-refractivity contribution is 0.573. The molecule has 2 N–H and O–H groups in total. The standard InChI is InChI=1S/C18H19N3/c19-17-6-3-5-14-10-21(12-16(14)17)11-15-9-8-13-4-1-2-7-18(13)20-15/h1-2,4,7-10,12,17H,3,5-6,11,19H2. The van der Waals surface area contributed by atoms with Gasteiger partial charge in [0.05, 0.1) is 17.8 Å². The van der Waals surface area contributed by atoms with Gasteiger partial charge < -0.3 is 10.3 Å². The fraction of sp³-hybridized carbons (Fsp3) is 0.278. The Morgan fingerprint density at radius 3 is 2.95 bits per heavy atom. The monoisotopic (exact) mass is 277 g/mol. The number of fused-ring (bicyclic) bond motifs is 2. The van der Waals surface area contributed by atoms with Gasteiger partial charge in [0.25, 0.3) is 0 Å². The molecule has 3 heteroatoms. The van der Waals surface area contributed by atoms with Crippen molar-refractivity contribution in [2.45, 2.75) is 31.8 Å². The van der Waals surface area contributed by atoms with Gasteiger partial charge in [0.1, 0.15) is 0 Å². The first-order chi connectivity index (χ1) is 10.3. The molecule has 0 radical (unpaired) electrons. The molecule has 4 rings (SSSR count). The number of hydrogen-bond donors (Lipinski definition) is 1. The van der Waals surface area contributed by atoms with Gasteiger partial charge in [-0.25, -0.2) is 0 Å². The van der Waals surface area contributed by atoms with Gasteiger partial charge >= 0.3 is 0 Å². The van der Waals surface area contributed by atoms with E-state index in [2.05, 4.69) is 41.2 Å². The Hall–Kier alpha value is -2.13. The number of nitrogens with zero attached hydrogens (tertiary/aromatic N) is 2. The largest absolute Gasteiger partial charge is 0.348 e. The summed E-state index contributed by atoms with van der Waals surface area (Å²) in [7, 11) is 0. The van der Waals surface area contributed by atoms with Crippen molar-refractivity contribution in [3.8, 4) is 0 Å². The van der Waals surface area contributed by atoms with Crippen LogP contribution >= 0.6 is 0 Å². The molecule has 2 aromatic heterocycles. The first kappa shape index (κ1) is 12.6. The van der Waals surface area contributed by atoms with Gasteiger partial charge in [-0.2, -0.15) is 0 Å². The van der Waals surface area contributed by atoms with Crippen LogP contribution in [0.15, 0.2) is 48.8 Å². The van der Waals surface area contributed by atoms with Crippen molar-refractivity contribution >= 4 is 10.9 Å². The summed E-state index contributed by atoms with van der Waals surface area (Å²) in [5.41, 5.74) is 11.1. The maximum absolute atomic E-state index is 6.20. The summed E-state index contributed by atoms with van der Waals surface area (Å²) in [6.07, 6.45) is 7.90. The SMILES string of the molecule is NC1CCCc2cn(Cc3ccc4ccccc4n3)cc21. The summed E-state index contributed by atoms with van der Waals surface area (Å²) < 4.78 is 2.23. The molecule has 0 saturated heterocycles. The zero-order valence-corrected chi connectivity index (χ0v) is 12.0. The number of nitrogens with two attached hydrogens (primary N) is 1. The van der Waals surface area contributed by atoms with E-state index in [0.29, 0.717) is 0 Å². The van der Waals surface area contributed by atoms with Crippen LogP contribution in [-0.4, -0.2) is 9.55 Å². The van der Waals surface area contributed by atoms with Gasteiger partial charge in [-0.05, 0) is 42.5 Å².